The fourth-order valence-corrected chi connectivity index (χ4v) is 4.83. The van der Waals surface area contributed by atoms with Gasteiger partial charge in [-0.15, -0.1) is 0 Å². The first kappa shape index (κ1) is 13.5. The van der Waals surface area contributed by atoms with Crippen LogP contribution in [0.25, 0.3) is 10.9 Å². The summed E-state index contributed by atoms with van der Waals surface area (Å²) >= 11 is 0. The Kier molecular flexibility index (Phi) is 2.79. The maximum Gasteiger partial charge on any atom is 0.303 e. The number of nitrogens with one attached hydrogen (secondary N) is 1. The van der Waals surface area contributed by atoms with Gasteiger partial charge in [0.25, 0.3) is 0 Å². The normalized spacial score (nSPS) is 21.7. The molecule has 2 N–H and O–H groups in total. The van der Waals surface area contributed by atoms with Crippen molar-refractivity contribution >= 4 is 22.7 Å². The lowest BCUT2D eigenvalue weighted by atomic mass is 9.83. The van der Waals surface area contributed by atoms with Crippen molar-refractivity contribution in [1.29, 1.82) is 0 Å². The SMILES string of the molecule is O=C(O)CC(c1cccc2c3c([nH]c12)N1CCC3CC1)C1CC1. The largest absolute Gasteiger partial charge is 0.481 e. The van der Waals surface area contributed by atoms with Crippen molar-refractivity contribution in [2.45, 2.75) is 43.9 Å². The van der Waals surface area contributed by atoms with Gasteiger partial charge in [-0.1, -0.05) is 18.2 Å². The van der Waals surface area contributed by atoms with Crippen molar-refractivity contribution in [1.82, 2.24) is 4.98 Å². The molecule has 1 aromatic heterocycles. The molecule has 4 heteroatoms. The Bertz CT molecular complexity index is 782. The average Bonchev–Trinajstić information content (AvgIpc) is 3.32. The summed E-state index contributed by atoms with van der Waals surface area (Å²) in [5.74, 6) is 2.01. The summed E-state index contributed by atoms with van der Waals surface area (Å²) in [6, 6.07) is 6.49. The maximum atomic E-state index is 11.3. The van der Waals surface area contributed by atoms with Crippen molar-refractivity contribution in [3.8, 4) is 0 Å². The molecule has 1 aliphatic carbocycles. The number of H-pyrrole nitrogens is 1. The van der Waals surface area contributed by atoms with Crippen LogP contribution < -0.4 is 4.90 Å². The third-order valence-corrected chi connectivity index (χ3v) is 6.09. The molecule has 2 bridgehead atoms. The molecule has 0 spiro atoms. The zero-order chi connectivity index (χ0) is 15.6. The molecular weight excluding hydrogens is 288 g/mol. The molecule has 2 fully saturated rings. The number of hydrogen-bond acceptors (Lipinski definition) is 2. The van der Waals surface area contributed by atoms with Crippen LogP contribution in [0.15, 0.2) is 18.2 Å². The van der Waals surface area contributed by atoms with Crippen molar-refractivity contribution in [3.05, 3.63) is 29.3 Å². The third kappa shape index (κ3) is 2.00. The minimum absolute atomic E-state index is 0.156. The Morgan fingerprint density at radius 2 is 2.04 bits per heavy atom. The second-order valence-corrected chi connectivity index (χ2v) is 7.46. The van der Waals surface area contributed by atoms with Gasteiger partial charge in [0.1, 0.15) is 5.82 Å². The van der Waals surface area contributed by atoms with E-state index in [1.54, 1.807) is 0 Å². The van der Waals surface area contributed by atoms with Gasteiger partial charge in [-0.25, -0.2) is 0 Å². The Hall–Kier alpha value is -1.97. The number of aromatic nitrogens is 1. The van der Waals surface area contributed by atoms with E-state index in [0.717, 1.165) is 13.1 Å². The summed E-state index contributed by atoms with van der Waals surface area (Å²) < 4.78 is 0. The van der Waals surface area contributed by atoms with Crippen LogP contribution in [0.3, 0.4) is 0 Å². The van der Waals surface area contributed by atoms with Gasteiger partial charge in [0.15, 0.2) is 0 Å². The van der Waals surface area contributed by atoms with Crippen LogP contribution >= 0.6 is 0 Å². The quantitative estimate of drug-likeness (QED) is 0.902. The van der Waals surface area contributed by atoms with Gasteiger partial charge < -0.3 is 15.0 Å². The zero-order valence-electron chi connectivity index (χ0n) is 13.2. The Balaban J connectivity index is 1.68. The minimum atomic E-state index is -0.681. The van der Waals surface area contributed by atoms with Gasteiger partial charge in [-0.2, -0.15) is 0 Å². The Morgan fingerprint density at radius 1 is 1.26 bits per heavy atom. The molecule has 3 aliphatic heterocycles. The smallest absolute Gasteiger partial charge is 0.303 e. The first-order valence-corrected chi connectivity index (χ1v) is 8.83. The number of carboxylic acid groups (broad SMARTS) is 1. The summed E-state index contributed by atoms with van der Waals surface area (Å²) in [6.45, 7) is 2.31. The summed E-state index contributed by atoms with van der Waals surface area (Å²) in [7, 11) is 0. The molecule has 4 heterocycles. The summed E-state index contributed by atoms with van der Waals surface area (Å²) in [5, 5.41) is 10.7. The number of aromatic amines is 1. The van der Waals surface area contributed by atoms with Gasteiger partial charge >= 0.3 is 5.97 Å². The molecule has 0 radical (unpaired) electrons. The van der Waals surface area contributed by atoms with Crippen LogP contribution in [0.1, 0.15) is 55.1 Å². The maximum absolute atomic E-state index is 11.3. The Labute approximate surface area is 135 Å². The topological polar surface area (TPSA) is 56.3 Å². The third-order valence-electron chi connectivity index (χ3n) is 6.09. The van der Waals surface area contributed by atoms with E-state index in [2.05, 4.69) is 28.1 Å². The number of para-hydroxylation sites is 1. The average molecular weight is 310 g/mol. The highest BCUT2D eigenvalue weighted by atomic mass is 16.4. The molecule has 1 saturated carbocycles. The predicted octanol–water partition coefficient (Wildman–Crippen LogP) is 3.83. The first-order valence-electron chi connectivity index (χ1n) is 8.83. The zero-order valence-corrected chi connectivity index (χ0v) is 13.2. The standard InChI is InChI=1S/C19H22N2O2/c22-16(23)10-15(11-4-5-11)13-2-1-3-14-17-12-6-8-21(9-7-12)19(17)20-18(13)14/h1-3,11-12,15,20H,4-10H2,(H,22,23). The molecule has 120 valence electrons. The number of aliphatic carboxylic acids is 1. The van der Waals surface area contributed by atoms with E-state index in [1.807, 2.05) is 0 Å². The minimum Gasteiger partial charge on any atom is -0.481 e. The van der Waals surface area contributed by atoms with Crippen molar-refractivity contribution in [2.24, 2.45) is 5.92 Å². The predicted molar refractivity (Wildman–Crippen MR) is 90.2 cm³/mol. The molecule has 6 rings (SSSR count). The summed E-state index contributed by atoms with van der Waals surface area (Å²) in [5.41, 5.74) is 3.92. The highest BCUT2D eigenvalue weighted by Crippen LogP contribution is 2.50. The first-order chi connectivity index (χ1) is 11.2. The molecule has 1 unspecified atom stereocenters. The van der Waals surface area contributed by atoms with E-state index < -0.39 is 5.97 Å². The lowest BCUT2D eigenvalue weighted by Crippen LogP contribution is -2.38. The van der Waals surface area contributed by atoms with Crippen LogP contribution in [-0.4, -0.2) is 29.1 Å². The summed E-state index contributed by atoms with van der Waals surface area (Å²) in [6.07, 6.45) is 5.10. The number of rotatable bonds is 4. The molecule has 4 aliphatic rings. The summed E-state index contributed by atoms with van der Waals surface area (Å²) in [4.78, 5) is 17.5. The van der Waals surface area contributed by atoms with Gasteiger partial charge in [-0.3, -0.25) is 4.79 Å². The van der Waals surface area contributed by atoms with Crippen LogP contribution in [0.2, 0.25) is 0 Å². The van der Waals surface area contributed by atoms with Crippen molar-refractivity contribution < 1.29 is 9.90 Å². The van der Waals surface area contributed by atoms with E-state index in [4.69, 9.17) is 0 Å². The second kappa shape index (κ2) is 4.76. The van der Waals surface area contributed by atoms with E-state index in [0.29, 0.717) is 11.8 Å². The van der Waals surface area contributed by atoms with Crippen molar-refractivity contribution in [2.75, 3.05) is 18.0 Å². The second-order valence-electron chi connectivity index (χ2n) is 7.46. The number of benzene rings is 1. The van der Waals surface area contributed by atoms with Gasteiger partial charge in [0.05, 0.1) is 11.9 Å². The lowest BCUT2D eigenvalue weighted by molar-refractivity contribution is -0.137. The van der Waals surface area contributed by atoms with Crippen molar-refractivity contribution in [3.63, 3.8) is 0 Å². The molecule has 2 aromatic rings. The highest BCUT2D eigenvalue weighted by Gasteiger charge is 2.37. The van der Waals surface area contributed by atoms with Gasteiger partial charge in [0, 0.05) is 24.0 Å². The number of fused-ring (bicyclic) bond motifs is 3. The van der Waals surface area contributed by atoms with Crippen LogP contribution in [0, 0.1) is 5.92 Å². The van der Waals surface area contributed by atoms with E-state index in [-0.39, 0.29) is 12.3 Å². The number of hydrogen-bond donors (Lipinski definition) is 2. The number of piperidine rings is 1. The number of carboxylic acids is 1. The van der Waals surface area contributed by atoms with E-state index in [1.165, 1.54) is 53.5 Å². The van der Waals surface area contributed by atoms with E-state index >= 15 is 0 Å². The van der Waals surface area contributed by atoms with E-state index in [9.17, 15) is 9.90 Å². The fourth-order valence-electron chi connectivity index (χ4n) is 4.83. The number of nitrogens with zero attached hydrogens (tertiary/aromatic N) is 1. The molecule has 23 heavy (non-hydrogen) atoms. The van der Waals surface area contributed by atoms with Gasteiger partial charge in [0.2, 0.25) is 0 Å². The fraction of sp³-hybridized carbons (Fsp3) is 0.526. The molecule has 1 aromatic carbocycles. The lowest BCUT2D eigenvalue weighted by Gasteiger charge is -2.40. The molecule has 4 nitrogen and oxygen atoms in total. The molecule has 1 saturated heterocycles. The molecule has 0 amide bonds. The monoisotopic (exact) mass is 310 g/mol. The molecule has 1 atom stereocenters. The van der Waals surface area contributed by atoms with Crippen LogP contribution in [-0.2, 0) is 4.79 Å². The Morgan fingerprint density at radius 3 is 2.74 bits per heavy atom. The van der Waals surface area contributed by atoms with Crippen LogP contribution in [0.5, 0.6) is 0 Å². The number of carbonyl (C=O) groups is 1. The number of anilines is 1. The molecular formula is C19H22N2O2. The highest BCUT2D eigenvalue weighted by molar-refractivity contribution is 5.93. The van der Waals surface area contributed by atoms with Crippen LogP contribution in [0.4, 0.5) is 5.82 Å². The van der Waals surface area contributed by atoms with Gasteiger partial charge in [-0.05, 0) is 49.0 Å².